The molecule has 0 aromatic heterocycles. The van der Waals surface area contributed by atoms with Gasteiger partial charge in [0.1, 0.15) is 5.84 Å². The predicted molar refractivity (Wildman–Crippen MR) is 96.3 cm³/mol. The highest BCUT2D eigenvalue weighted by atomic mass is 15.1. The van der Waals surface area contributed by atoms with Crippen molar-refractivity contribution in [1.29, 1.82) is 0 Å². The molecule has 1 radical (unpaired) electrons. The molecule has 1 aliphatic rings. The third-order valence-corrected chi connectivity index (χ3v) is 4.53. The van der Waals surface area contributed by atoms with Gasteiger partial charge >= 0.3 is 0 Å². The molecule has 2 heteroatoms. The summed E-state index contributed by atoms with van der Waals surface area (Å²) in [6.45, 7) is 4.54. The van der Waals surface area contributed by atoms with Gasteiger partial charge in [-0.05, 0) is 18.6 Å². The zero-order valence-electron chi connectivity index (χ0n) is 14.4. The maximum Gasteiger partial charge on any atom is 0.132 e. The van der Waals surface area contributed by atoms with Gasteiger partial charge in [-0.15, -0.1) is 0 Å². The zero-order valence-corrected chi connectivity index (χ0v) is 14.4. The number of nitrogens with zero attached hydrogens (tertiary/aromatic N) is 2. The lowest BCUT2D eigenvalue weighted by Gasteiger charge is -2.10. The number of fused-ring (bicyclic) bond motifs is 1. The van der Waals surface area contributed by atoms with Crippen molar-refractivity contribution in [3.05, 3.63) is 24.3 Å². The molecular weight excluding hydrogens is 268 g/mol. The molecule has 0 bridgehead atoms. The summed E-state index contributed by atoms with van der Waals surface area (Å²) in [5.74, 6) is 1.51. The van der Waals surface area contributed by atoms with Crippen molar-refractivity contribution in [3.8, 4) is 0 Å². The topological polar surface area (TPSA) is 26.5 Å². The third-order valence-electron chi connectivity index (χ3n) is 4.53. The molecule has 1 aromatic rings. The van der Waals surface area contributed by atoms with E-state index in [4.69, 9.17) is 0 Å². The maximum atomic E-state index is 4.66. The summed E-state index contributed by atoms with van der Waals surface area (Å²) in [6, 6.07) is 8.17. The van der Waals surface area contributed by atoms with Crippen molar-refractivity contribution < 1.29 is 0 Å². The first-order chi connectivity index (χ1) is 10.8. The van der Waals surface area contributed by atoms with Crippen molar-refractivity contribution in [2.45, 2.75) is 78.1 Å². The Hall–Kier alpha value is -1.31. The van der Waals surface area contributed by atoms with Crippen LogP contribution in [0.3, 0.4) is 0 Å². The highest BCUT2D eigenvalue weighted by Gasteiger charge is 2.19. The first-order valence-corrected chi connectivity index (χ1v) is 9.20. The summed E-state index contributed by atoms with van der Waals surface area (Å²) in [5, 5.41) is 4.66. The van der Waals surface area contributed by atoms with Crippen LogP contribution in [0.15, 0.2) is 29.3 Å². The molecule has 2 rings (SSSR count). The molecule has 0 saturated carbocycles. The first kappa shape index (κ1) is 17.1. The number of benzene rings is 1. The smallest absolute Gasteiger partial charge is 0.132 e. The van der Waals surface area contributed by atoms with Crippen LogP contribution in [-0.4, -0.2) is 5.84 Å². The molecule has 0 saturated heterocycles. The molecule has 1 unspecified atom stereocenters. The average Bonchev–Trinajstić information content (AvgIpc) is 2.97. The van der Waals surface area contributed by atoms with E-state index in [2.05, 4.69) is 36.3 Å². The van der Waals surface area contributed by atoms with E-state index < -0.39 is 0 Å². The second-order valence-electron chi connectivity index (χ2n) is 6.59. The molecule has 0 spiro atoms. The van der Waals surface area contributed by atoms with E-state index in [-0.39, 0.29) is 0 Å². The SMILES string of the molecule is CCCCCCCCCCCC(C)C1=Nc2ccccc2[N]1. The monoisotopic (exact) mass is 299 g/mol. The minimum atomic E-state index is 0.483. The lowest BCUT2D eigenvalue weighted by Crippen LogP contribution is -2.16. The number of rotatable bonds is 11. The van der Waals surface area contributed by atoms with Crippen LogP contribution >= 0.6 is 0 Å². The van der Waals surface area contributed by atoms with Crippen LogP contribution in [0.5, 0.6) is 0 Å². The van der Waals surface area contributed by atoms with Crippen molar-refractivity contribution >= 4 is 17.2 Å². The molecule has 1 atom stereocenters. The highest BCUT2D eigenvalue weighted by molar-refractivity contribution is 5.97. The average molecular weight is 299 g/mol. The van der Waals surface area contributed by atoms with Crippen molar-refractivity contribution in [1.82, 2.24) is 5.32 Å². The number of para-hydroxylation sites is 2. The lowest BCUT2D eigenvalue weighted by atomic mass is 10.0. The van der Waals surface area contributed by atoms with Crippen LogP contribution in [0, 0.1) is 5.92 Å². The van der Waals surface area contributed by atoms with E-state index in [1.165, 1.54) is 64.2 Å². The summed E-state index contributed by atoms with van der Waals surface area (Å²) in [7, 11) is 0. The largest absolute Gasteiger partial charge is 0.231 e. The van der Waals surface area contributed by atoms with Crippen LogP contribution in [0.4, 0.5) is 11.4 Å². The lowest BCUT2D eigenvalue weighted by molar-refractivity contribution is 0.536. The van der Waals surface area contributed by atoms with Gasteiger partial charge in [0.2, 0.25) is 0 Å². The predicted octanol–water partition coefficient (Wildman–Crippen LogP) is 6.52. The number of hydrogen-bond acceptors (Lipinski definition) is 1. The molecule has 0 N–H and O–H groups in total. The summed E-state index contributed by atoms with van der Waals surface area (Å²) < 4.78 is 0. The zero-order chi connectivity index (χ0) is 15.6. The van der Waals surface area contributed by atoms with Crippen molar-refractivity contribution in [2.24, 2.45) is 10.9 Å². The highest BCUT2D eigenvalue weighted by Crippen LogP contribution is 2.32. The van der Waals surface area contributed by atoms with Crippen LogP contribution in [0.2, 0.25) is 0 Å². The van der Waals surface area contributed by atoms with Crippen molar-refractivity contribution in [3.63, 3.8) is 0 Å². The van der Waals surface area contributed by atoms with E-state index in [0.29, 0.717) is 5.92 Å². The van der Waals surface area contributed by atoms with Crippen LogP contribution in [-0.2, 0) is 0 Å². The Morgan fingerprint density at radius 1 is 0.818 bits per heavy atom. The van der Waals surface area contributed by atoms with Gasteiger partial charge in [0.15, 0.2) is 0 Å². The number of hydrogen-bond donors (Lipinski definition) is 0. The second kappa shape index (κ2) is 9.66. The molecule has 22 heavy (non-hydrogen) atoms. The van der Waals surface area contributed by atoms with E-state index in [1.54, 1.807) is 0 Å². The Bertz CT molecular complexity index is 465. The third kappa shape index (κ3) is 5.47. The van der Waals surface area contributed by atoms with E-state index >= 15 is 0 Å². The molecule has 0 fully saturated rings. The Labute approximate surface area is 136 Å². The molecule has 121 valence electrons. The summed E-state index contributed by atoms with van der Waals surface area (Å²) >= 11 is 0. The van der Waals surface area contributed by atoms with Gasteiger partial charge in [-0.2, -0.15) is 0 Å². The summed E-state index contributed by atoms with van der Waals surface area (Å²) in [6.07, 6.45) is 13.7. The Morgan fingerprint density at radius 2 is 1.41 bits per heavy atom. The van der Waals surface area contributed by atoms with E-state index in [0.717, 1.165) is 17.2 Å². The molecule has 0 aliphatic carbocycles. The molecule has 2 nitrogen and oxygen atoms in total. The van der Waals surface area contributed by atoms with E-state index in [9.17, 15) is 0 Å². The number of aliphatic imine (C=N–C) groups is 1. The normalized spacial score (nSPS) is 14.4. The molecule has 1 aromatic carbocycles. The molecule has 1 aliphatic heterocycles. The minimum absolute atomic E-state index is 0.483. The van der Waals surface area contributed by atoms with Gasteiger partial charge in [0.05, 0.1) is 11.4 Å². The van der Waals surface area contributed by atoms with Gasteiger partial charge in [-0.1, -0.05) is 83.8 Å². The number of amidine groups is 1. The molecular formula is C20H31N2. The van der Waals surface area contributed by atoms with Gasteiger partial charge in [-0.25, -0.2) is 10.3 Å². The van der Waals surface area contributed by atoms with Gasteiger partial charge in [0, 0.05) is 5.92 Å². The minimum Gasteiger partial charge on any atom is -0.231 e. The van der Waals surface area contributed by atoms with Crippen LogP contribution in [0.25, 0.3) is 0 Å². The van der Waals surface area contributed by atoms with Gasteiger partial charge < -0.3 is 0 Å². The Morgan fingerprint density at radius 3 is 2.05 bits per heavy atom. The number of unbranched alkanes of at least 4 members (excludes halogenated alkanes) is 8. The van der Waals surface area contributed by atoms with Crippen LogP contribution < -0.4 is 5.32 Å². The molecule has 1 heterocycles. The standard InChI is InChI=1S/C20H31N2/c1-3-4-5-6-7-8-9-10-11-14-17(2)20-21-18-15-12-13-16-19(18)22-20/h12-13,15-17H,3-11,14H2,1-2H3. The molecule has 0 amide bonds. The van der Waals surface area contributed by atoms with Gasteiger partial charge in [0.25, 0.3) is 0 Å². The maximum absolute atomic E-state index is 4.66. The second-order valence-corrected chi connectivity index (χ2v) is 6.59. The first-order valence-electron chi connectivity index (χ1n) is 9.20. The van der Waals surface area contributed by atoms with Gasteiger partial charge in [-0.3, -0.25) is 0 Å². The quantitative estimate of drug-likeness (QED) is 0.416. The van der Waals surface area contributed by atoms with E-state index in [1.807, 2.05) is 12.1 Å². The summed E-state index contributed by atoms with van der Waals surface area (Å²) in [4.78, 5) is 4.66. The fraction of sp³-hybridized carbons (Fsp3) is 0.650. The summed E-state index contributed by atoms with van der Waals surface area (Å²) in [5.41, 5.74) is 2.08. The Balaban J connectivity index is 1.53. The van der Waals surface area contributed by atoms with Crippen LogP contribution in [0.1, 0.15) is 78.1 Å². The fourth-order valence-electron chi connectivity index (χ4n) is 3.04. The Kier molecular flexibility index (Phi) is 7.48. The fourth-order valence-corrected chi connectivity index (χ4v) is 3.04. The van der Waals surface area contributed by atoms with Crippen molar-refractivity contribution in [2.75, 3.05) is 0 Å².